The van der Waals surface area contributed by atoms with Crippen LogP contribution in [0.1, 0.15) is 27.0 Å². The number of nitrogens with zero attached hydrogens (tertiary/aromatic N) is 1. The van der Waals surface area contributed by atoms with E-state index in [9.17, 15) is 18.9 Å². The summed E-state index contributed by atoms with van der Waals surface area (Å²) >= 11 is 10.2. The molecule has 0 aliphatic carbocycles. The maximum Gasteiger partial charge on any atom is 0.459 e. The number of rotatable bonds is 10. The second-order valence-corrected chi connectivity index (χ2v) is 10.6. The summed E-state index contributed by atoms with van der Waals surface area (Å²) in [6.45, 7) is 4.22. The average Bonchev–Trinajstić information content (AvgIpc) is 3.06. The quantitative estimate of drug-likeness (QED) is 0.228. The van der Waals surface area contributed by atoms with E-state index in [1.165, 1.54) is 23.8 Å². The van der Waals surface area contributed by atoms with Crippen molar-refractivity contribution >= 4 is 38.2 Å². The van der Waals surface area contributed by atoms with Crippen LogP contribution in [0.3, 0.4) is 0 Å². The van der Waals surface area contributed by atoms with Gasteiger partial charge in [-0.1, -0.05) is 30.4 Å². The summed E-state index contributed by atoms with van der Waals surface area (Å²) in [7, 11) is -4.23. The van der Waals surface area contributed by atoms with E-state index in [4.69, 9.17) is 43.0 Å². The number of benzene rings is 1. The van der Waals surface area contributed by atoms with Crippen molar-refractivity contribution in [3.63, 3.8) is 0 Å². The second-order valence-electron chi connectivity index (χ2n) is 8.05. The van der Waals surface area contributed by atoms with Crippen molar-refractivity contribution in [1.82, 2.24) is 14.6 Å². The molecule has 1 saturated heterocycles. The van der Waals surface area contributed by atoms with Crippen LogP contribution in [-0.4, -0.2) is 57.8 Å². The summed E-state index contributed by atoms with van der Waals surface area (Å²) in [6, 6.07) is 8.58. The number of H-pyrrole nitrogens is 1. The summed E-state index contributed by atoms with van der Waals surface area (Å²) in [4.78, 5) is 15.0. The van der Waals surface area contributed by atoms with Crippen molar-refractivity contribution in [3.8, 4) is 5.75 Å². The minimum Gasteiger partial charge on any atom is -0.462 e. The highest BCUT2D eigenvalue weighted by Crippen LogP contribution is 2.46. The van der Waals surface area contributed by atoms with Gasteiger partial charge in [-0.05, 0) is 51.2 Å². The molecule has 3 N–H and O–H groups in total. The zero-order chi connectivity index (χ0) is 25.8. The maximum absolute atomic E-state index is 14.9. The third-order valence-electron chi connectivity index (χ3n) is 4.85. The fourth-order valence-electron chi connectivity index (χ4n) is 3.21. The van der Waals surface area contributed by atoms with Gasteiger partial charge in [0.25, 0.3) is 0 Å². The lowest BCUT2D eigenvalue weighted by atomic mass is 10.1. The highest BCUT2D eigenvalue weighted by Gasteiger charge is 2.46. The number of alkyl halides is 1. The fraction of sp³-hybridized carbons (Fsp3) is 0.476. The molecule has 14 heteroatoms. The van der Waals surface area contributed by atoms with E-state index in [0.717, 1.165) is 0 Å². The van der Waals surface area contributed by atoms with Crippen LogP contribution in [-0.2, 0) is 23.4 Å². The number of hydrogen-bond donors (Lipinski definition) is 3. The molecule has 2 aromatic rings. The lowest BCUT2D eigenvalue weighted by Gasteiger charge is -2.24. The van der Waals surface area contributed by atoms with Crippen LogP contribution in [0.15, 0.2) is 42.6 Å². The lowest BCUT2D eigenvalue weighted by molar-refractivity contribution is -0.149. The molecule has 10 nitrogen and oxygen atoms in total. The molecule has 1 aromatic carbocycles. The number of para-hydroxylation sites is 1. The van der Waals surface area contributed by atoms with E-state index in [2.05, 4.69) is 10.1 Å². The van der Waals surface area contributed by atoms with Gasteiger partial charge in [0.1, 0.15) is 28.6 Å². The second kappa shape index (κ2) is 11.8. The molecule has 1 fully saturated rings. The summed E-state index contributed by atoms with van der Waals surface area (Å²) in [5.41, 5.74) is 0. The molecule has 192 valence electrons. The van der Waals surface area contributed by atoms with E-state index in [-0.39, 0.29) is 10.5 Å². The largest absolute Gasteiger partial charge is 0.462 e. The highest BCUT2D eigenvalue weighted by atomic mass is 32.1. The number of hydrogen-bond acceptors (Lipinski definition) is 9. The molecule has 1 aliphatic heterocycles. The van der Waals surface area contributed by atoms with Crippen molar-refractivity contribution in [3.05, 3.63) is 52.0 Å². The molecule has 0 spiro atoms. The third kappa shape index (κ3) is 7.26. The molecule has 0 bridgehead atoms. The van der Waals surface area contributed by atoms with Crippen LogP contribution in [0.2, 0.25) is 0 Å². The van der Waals surface area contributed by atoms with Gasteiger partial charge < -0.3 is 24.1 Å². The number of nitrogens with one attached hydrogen (secondary N) is 2. The van der Waals surface area contributed by atoms with Gasteiger partial charge in [0.05, 0.1) is 12.7 Å². The van der Waals surface area contributed by atoms with Crippen LogP contribution >= 0.6 is 32.2 Å². The number of aromatic nitrogens is 2. The van der Waals surface area contributed by atoms with Gasteiger partial charge in [-0.3, -0.25) is 13.9 Å². The standard InChI is InChI=1S/C21H27FN3O7PS2/c1-12(2)30-20(27)13(3)24-33(28,32-14-7-5-4-6-8-14)29-11-15-17(22)18(26)19(31-15)25-10-9-16(34)23-21(25)35/h4-10,12-13,15,17-19,26H,11H2,1-3H3,(H,24,28)(H,23,34,35)/t13-,15+,17?,18-,19+,33?/m0/s1. The summed E-state index contributed by atoms with van der Waals surface area (Å²) in [5.74, 6) is -0.479. The van der Waals surface area contributed by atoms with Crippen molar-refractivity contribution < 1.29 is 37.4 Å². The van der Waals surface area contributed by atoms with Gasteiger partial charge in [0.2, 0.25) is 0 Å². The molecule has 0 radical (unpaired) electrons. The third-order valence-corrected chi connectivity index (χ3v) is 7.04. The van der Waals surface area contributed by atoms with E-state index in [1.54, 1.807) is 44.2 Å². The van der Waals surface area contributed by atoms with Crippen molar-refractivity contribution in [2.45, 2.75) is 57.5 Å². The Morgan fingerprint density at radius 2 is 1.97 bits per heavy atom. The zero-order valence-electron chi connectivity index (χ0n) is 19.2. The number of ether oxygens (including phenoxy) is 2. The molecule has 0 saturated carbocycles. The Labute approximate surface area is 212 Å². The van der Waals surface area contributed by atoms with E-state index in [0.29, 0.717) is 4.64 Å². The Balaban J connectivity index is 1.75. The number of aliphatic hydroxyl groups is 1. The smallest absolute Gasteiger partial charge is 0.459 e. The summed E-state index contributed by atoms with van der Waals surface area (Å²) in [6.07, 6.45) is -4.87. The Morgan fingerprint density at radius 3 is 2.60 bits per heavy atom. The number of halogens is 1. The van der Waals surface area contributed by atoms with Crippen LogP contribution < -0.4 is 9.61 Å². The topological polar surface area (TPSA) is 124 Å². The number of aromatic amines is 1. The molecular formula is C21H27FN3O7PS2. The first kappa shape index (κ1) is 27.6. The average molecular weight is 548 g/mol. The SMILES string of the molecule is CC(C)OC(=O)[C@H](C)NP(=O)(OC[C@H]1O[C@@H](n2ccc(=S)[nH]c2=S)[C@@H](O)C1F)Oc1ccccc1. The van der Waals surface area contributed by atoms with Crippen molar-refractivity contribution in [2.24, 2.45) is 0 Å². The monoisotopic (exact) mass is 547 g/mol. The Hall–Kier alpha value is -1.99. The van der Waals surface area contributed by atoms with Gasteiger partial charge in [-0.15, -0.1) is 0 Å². The van der Waals surface area contributed by atoms with Crippen LogP contribution in [0.25, 0.3) is 0 Å². The number of aliphatic hydroxyl groups excluding tert-OH is 1. The van der Waals surface area contributed by atoms with Gasteiger partial charge in [-0.25, -0.2) is 8.96 Å². The highest BCUT2D eigenvalue weighted by molar-refractivity contribution is 7.72. The van der Waals surface area contributed by atoms with Crippen molar-refractivity contribution in [1.29, 1.82) is 0 Å². The molecule has 1 aliphatic rings. The molecule has 0 amide bonds. The Bertz CT molecular complexity index is 1180. The van der Waals surface area contributed by atoms with Crippen molar-refractivity contribution in [2.75, 3.05) is 6.61 Å². The number of carbonyl (C=O) groups excluding carboxylic acids is 1. The van der Waals surface area contributed by atoms with Gasteiger partial charge in [0, 0.05) is 6.20 Å². The zero-order valence-corrected chi connectivity index (χ0v) is 21.7. The lowest BCUT2D eigenvalue weighted by Crippen LogP contribution is -2.37. The molecule has 2 unspecified atom stereocenters. The number of carbonyl (C=O) groups is 1. The minimum absolute atomic E-state index is 0.132. The van der Waals surface area contributed by atoms with Gasteiger partial charge >= 0.3 is 13.7 Å². The van der Waals surface area contributed by atoms with Crippen LogP contribution in [0.4, 0.5) is 4.39 Å². The molecule has 3 rings (SSSR count). The van der Waals surface area contributed by atoms with E-state index < -0.39 is 57.1 Å². The van der Waals surface area contributed by atoms with E-state index >= 15 is 0 Å². The Morgan fingerprint density at radius 1 is 1.29 bits per heavy atom. The molecule has 35 heavy (non-hydrogen) atoms. The van der Waals surface area contributed by atoms with E-state index in [1.807, 2.05) is 0 Å². The van der Waals surface area contributed by atoms with Gasteiger partial charge in [0.15, 0.2) is 17.2 Å². The molecule has 6 atom stereocenters. The predicted octanol–water partition coefficient (Wildman–Crippen LogP) is 4.00. The Kier molecular flexibility index (Phi) is 9.33. The molecular weight excluding hydrogens is 520 g/mol. The predicted molar refractivity (Wildman–Crippen MR) is 130 cm³/mol. The normalized spacial score (nSPS) is 24.6. The summed E-state index contributed by atoms with van der Waals surface area (Å²) < 4.78 is 52.0. The fourth-order valence-corrected chi connectivity index (χ4v) is 5.21. The first-order chi connectivity index (χ1) is 16.5. The first-order valence-corrected chi connectivity index (χ1v) is 13.1. The summed E-state index contributed by atoms with van der Waals surface area (Å²) in [5, 5.41) is 12.9. The first-order valence-electron chi connectivity index (χ1n) is 10.8. The molecule has 2 heterocycles. The number of esters is 1. The van der Waals surface area contributed by atoms with Gasteiger partial charge in [-0.2, -0.15) is 5.09 Å². The molecule has 1 aromatic heterocycles. The van der Waals surface area contributed by atoms with Crippen LogP contribution in [0.5, 0.6) is 5.75 Å². The maximum atomic E-state index is 14.9. The minimum atomic E-state index is -4.23. The van der Waals surface area contributed by atoms with Crippen LogP contribution in [0, 0.1) is 9.41 Å².